The lowest BCUT2D eigenvalue weighted by Crippen LogP contribution is -2.49. The number of hydrogen-bond acceptors (Lipinski definition) is 5. The third-order valence-electron chi connectivity index (χ3n) is 5.56. The summed E-state index contributed by atoms with van der Waals surface area (Å²) in [7, 11) is 3.29. The highest BCUT2D eigenvalue weighted by molar-refractivity contribution is 6.36. The van der Waals surface area contributed by atoms with Gasteiger partial charge in [0.25, 0.3) is 5.91 Å². The van der Waals surface area contributed by atoms with Crippen LogP contribution in [-0.2, 0) is 0 Å². The third-order valence-corrected chi connectivity index (χ3v) is 6.11. The minimum absolute atomic E-state index is 0.0876. The number of hydrogen-bond donors (Lipinski definition) is 0. The van der Waals surface area contributed by atoms with E-state index in [1.165, 1.54) is 0 Å². The van der Waals surface area contributed by atoms with Gasteiger partial charge in [-0.05, 0) is 48.9 Å². The average molecular weight is 460 g/mol. The van der Waals surface area contributed by atoms with Gasteiger partial charge in [0, 0.05) is 36.6 Å². The van der Waals surface area contributed by atoms with Crippen LogP contribution >= 0.6 is 23.2 Å². The Kier molecular flexibility index (Phi) is 6.12. The molecule has 1 saturated heterocycles. The maximum absolute atomic E-state index is 12.9. The van der Waals surface area contributed by atoms with E-state index < -0.39 is 0 Å². The highest BCUT2D eigenvalue weighted by atomic mass is 35.5. The van der Waals surface area contributed by atoms with Crippen LogP contribution in [0.15, 0.2) is 36.4 Å². The SMILES string of the molecule is COc1ccc(OC)c2c(C)cc(N3CCN(C(=O)c4ccc(Cl)cc4Cl)CC3)nc12. The molecule has 0 atom stereocenters. The molecule has 31 heavy (non-hydrogen) atoms. The number of carbonyl (C=O) groups is 1. The maximum Gasteiger partial charge on any atom is 0.255 e. The molecular weight excluding hydrogens is 437 g/mol. The predicted molar refractivity (Wildman–Crippen MR) is 124 cm³/mol. The van der Waals surface area contributed by atoms with Crippen LogP contribution in [0.3, 0.4) is 0 Å². The van der Waals surface area contributed by atoms with Crippen LogP contribution in [0.5, 0.6) is 11.5 Å². The van der Waals surface area contributed by atoms with Gasteiger partial charge >= 0.3 is 0 Å². The predicted octanol–water partition coefficient (Wildman–Crippen LogP) is 4.83. The van der Waals surface area contributed by atoms with Gasteiger partial charge in [-0.1, -0.05) is 23.2 Å². The number of halogens is 2. The summed E-state index contributed by atoms with van der Waals surface area (Å²) in [5.41, 5.74) is 2.29. The van der Waals surface area contributed by atoms with Crippen molar-refractivity contribution in [3.63, 3.8) is 0 Å². The Bertz CT molecular complexity index is 1140. The third kappa shape index (κ3) is 4.10. The number of nitrogens with zero attached hydrogens (tertiary/aromatic N) is 3. The Morgan fingerprint density at radius 1 is 0.968 bits per heavy atom. The topological polar surface area (TPSA) is 54.9 Å². The van der Waals surface area contributed by atoms with E-state index in [-0.39, 0.29) is 5.91 Å². The summed E-state index contributed by atoms with van der Waals surface area (Å²) in [6.07, 6.45) is 0. The van der Waals surface area contributed by atoms with Crippen molar-refractivity contribution < 1.29 is 14.3 Å². The van der Waals surface area contributed by atoms with Crippen molar-refractivity contribution in [2.24, 2.45) is 0 Å². The van der Waals surface area contributed by atoms with E-state index >= 15 is 0 Å². The first-order valence-electron chi connectivity index (χ1n) is 9.94. The minimum atomic E-state index is -0.0876. The van der Waals surface area contributed by atoms with Gasteiger partial charge in [0.05, 0.1) is 24.8 Å². The molecule has 1 amide bonds. The lowest BCUT2D eigenvalue weighted by Gasteiger charge is -2.36. The molecule has 4 rings (SSSR count). The van der Waals surface area contributed by atoms with Gasteiger partial charge in [0.2, 0.25) is 0 Å². The number of aromatic nitrogens is 1. The quantitative estimate of drug-likeness (QED) is 0.559. The summed E-state index contributed by atoms with van der Waals surface area (Å²) in [4.78, 5) is 21.8. The first kappa shape index (κ1) is 21.5. The smallest absolute Gasteiger partial charge is 0.255 e. The zero-order chi connectivity index (χ0) is 22.1. The number of aryl methyl sites for hydroxylation is 1. The van der Waals surface area contributed by atoms with Gasteiger partial charge in [0.1, 0.15) is 22.8 Å². The summed E-state index contributed by atoms with van der Waals surface area (Å²) >= 11 is 12.2. The molecule has 1 aliphatic rings. The van der Waals surface area contributed by atoms with E-state index in [4.69, 9.17) is 37.7 Å². The van der Waals surface area contributed by atoms with E-state index in [2.05, 4.69) is 11.0 Å². The Hall–Kier alpha value is -2.70. The van der Waals surface area contributed by atoms with Gasteiger partial charge in [-0.25, -0.2) is 4.98 Å². The second kappa shape index (κ2) is 8.81. The monoisotopic (exact) mass is 459 g/mol. The molecule has 8 heteroatoms. The van der Waals surface area contributed by atoms with Crippen LogP contribution in [0.25, 0.3) is 10.9 Å². The molecule has 1 fully saturated rings. The summed E-state index contributed by atoms with van der Waals surface area (Å²) < 4.78 is 11.1. The van der Waals surface area contributed by atoms with Crippen molar-refractivity contribution >= 4 is 45.8 Å². The number of piperazine rings is 1. The molecule has 0 bridgehead atoms. The standard InChI is InChI=1S/C23H23Cl2N3O3/c1-14-12-20(26-22-19(31-3)7-6-18(30-2)21(14)22)27-8-10-28(11-9-27)23(29)16-5-4-15(24)13-17(16)25/h4-7,12-13H,8-11H2,1-3H3. The molecule has 0 unspecified atom stereocenters. The van der Waals surface area contributed by atoms with Gasteiger partial charge < -0.3 is 19.3 Å². The maximum atomic E-state index is 12.9. The van der Waals surface area contributed by atoms with Crippen LogP contribution in [0, 0.1) is 6.92 Å². The van der Waals surface area contributed by atoms with Gasteiger partial charge in [0.15, 0.2) is 0 Å². The van der Waals surface area contributed by atoms with Crippen molar-refractivity contribution in [2.75, 3.05) is 45.3 Å². The number of methoxy groups -OCH3 is 2. The molecule has 6 nitrogen and oxygen atoms in total. The summed E-state index contributed by atoms with van der Waals surface area (Å²) in [6.45, 7) is 4.53. The van der Waals surface area contributed by atoms with Crippen LogP contribution in [-0.4, -0.2) is 56.2 Å². The Morgan fingerprint density at radius 3 is 2.29 bits per heavy atom. The number of ether oxygens (including phenoxy) is 2. The molecule has 2 aromatic carbocycles. The first-order chi connectivity index (χ1) is 14.9. The minimum Gasteiger partial charge on any atom is -0.496 e. The summed E-state index contributed by atoms with van der Waals surface area (Å²) in [5.74, 6) is 2.23. The molecule has 1 aromatic heterocycles. The number of anilines is 1. The van der Waals surface area contributed by atoms with Crippen LogP contribution in [0.1, 0.15) is 15.9 Å². The largest absolute Gasteiger partial charge is 0.496 e. The summed E-state index contributed by atoms with van der Waals surface area (Å²) in [6, 6.07) is 10.8. The molecule has 0 aliphatic carbocycles. The van der Waals surface area contributed by atoms with Gasteiger partial charge in [-0.15, -0.1) is 0 Å². The van der Waals surface area contributed by atoms with E-state index in [0.717, 1.165) is 28.0 Å². The number of carbonyl (C=O) groups excluding carboxylic acids is 1. The number of benzene rings is 2. The van der Waals surface area contributed by atoms with Crippen LogP contribution in [0.4, 0.5) is 5.82 Å². The van der Waals surface area contributed by atoms with Crippen molar-refractivity contribution in [1.29, 1.82) is 0 Å². The van der Waals surface area contributed by atoms with Crippen molar-refractivity contribution in [1.82, 2.24) is 9.88 Å². The number of amides is 1. The Morgan fingerprint density at radius 2 is 1.65 bits per heavy atom. The van der Waals surface area contributed by atoms with Crippen LogP contribution < -0.4 is 14.4 Å². The second-order valence-corrected chi connectivity index (χ2v) is 8.24. The molecule has 0 N–H and O–H groups in total. The molecule has 0 spiro atoms. The summed E-state index contributed by atoms with van der Waals surface area (Å²) in [5, 5.41) is 1.82. The Balaban J connectivity index is 1.57. The molecule has 162 valence electrons. The number of fused-ring (bicyclic) bond motifs is 1. The normalized spacial score (nSPS) is 14.1. The van der Waals surface area contributed by atoms with Crippen molar-refractivity contribution in [3.05, 3.63) is 57.6 Å². The fraction of sp³-hybridized carbons (Fsp3) is 0.304. The number of rotatable bonds is 4. The van der Waals surface area contributed by atoms with Crippen LogP contribution in [0.2, 0.25) is 10.0 Å². The lowest BCUT2D eigenvalue weighted by molar-refractivity contribution is 0.0746. The van der Waals surface area contributed by atoms with E-state index in [9.17, 15) is 4.79 Å². The van der Waals surface area contributed by atoms with E-state index in [1.54, 1.807) is 32.4 Å². The zero-order valence-corrected chi connectivity index (χ0v) is 19.1. The highest BCUT2D eigenvalue weighted by Crippen LogP contribution is 2.36. The molecule has 2 heterocycles. The number of pyridine rings is 1. The molecule has 3 aromatic rings. The fourth-order valence-corrected chi connectivity index (χ4v) is 4.42. The molecule has 1 aliphatic heterocycles. The molecular formula is C23H23Cl2N3O3. The van der Waals surface area contributed by atoms with E-state index in [0.29, 0.717) is 47.5 Å². The van der Waals surface area contributed by atoms with Crippen molar-refractivity contribution in [2.45, 2.75) is 6.92 Å². The van der Waals surface area contributed by atoms with Crippen molar-refractivity contribution in [3.8, 4) is 11.5 Å². The first-order valence-corrected chi connectivity index (χ1v) is 10.7. The zero-order valence-electron chi connectivity index (χ0n) is 17.6. The van der Waals surface area contributed by atoms with E-state index in [1.807, 2.05) is 24.0 Å². The van der Waals surface area contributed by atoms with Gasteiger partial charge in [-0.3, -0.25) is 4.79 Å². The highest BCUT2D eigenvalue weighted by Gasteiger charge is 2.25. The lowest BCUT2D eigenvalue weighted by atomic mass is 10.1. The fourth-order valence-electron chi connectivity index (χ4n) is 3.93. The molecule has 0 saturated carbocycles. The molecule has 0 radical (unpaired) electrons. The van der Waals surface area contributed by atoms with Gasteiger partial charge in [-0.2, -0.15) is 0 Å². The average Bonchev–Trinajstić information content (AvgIpc) is 2.78. The Labute approximate surface area is 191 Å². The second-order valence-electron chi connectivity index (χ2n) is 7.39.